The van der Waals surface area contributed by atoms with E-state index in [0.717, 1.165) is 38.5 Å². The molecule has 0 radical (unpaired) electrons. The largest absolute Gasteiger partial charge is 0.480 e. The molecule has 6 fully saturated rings. The van der Waals surface area contributed by atoms with Crippen molar-refractivity contribution in [3.05, 3.63) is 83.4 Å². The zero-order valence-corrected chi connectivity index (χ0v) is 40.0. The van der Waals surface area contributed by atoms with Crippen molar-refractivity contribution in [1.29, 1.82) is 0 Å². The van der Waals surface area contributed by atoms with Crippen LogP contribution in [0.15, 0.2) is 66.8 Å². The summed E-state index contributed by atoms with van der Waals surface area (Å²) in [6, 6.07) is 6.35. The number of Topliss-reactive ketones (excluding diaryl/α,β-unsaturated/α-hetero) is 2. The van der Waals surface area contributed by atoms with Gasteiger partial charge in [-0.05, 0) is 110 Å². The molecule has 12 nitrogen and oxygen atoms in total. The molecular weight excluding hydrogens is 825 g/mol. The number of ketones is 2. The van der Waals surface area contributed by atoms with Crippen LogP contribution < -0.4 is 10.3 Å². The number of hydrogen-bond donors (Lipinski definition) is 3. The Morgan fingerprint density at radius 1 is 0.723 bits per heavy atom. The molecule has 6 aliphatic rings. The van der Waals surface area contributed by atoms with E-state index in [0.29, 0.717) is 25.7 Å². The van der Waals surface area contributed by atoms with Crippen LogP contribution in [0.5, 0.6) is 5.88 Å². The number of ether oxygens (including phenoxy) is 3. The first-order valence-electron chi connectivity index (χ1n) is 23.8. The van der Waals surface area contributed by atoms with Gasteiger partial charge in [0.15, 0.2) is 0 Å². The molecule has 0 spiro atoms. The van der Waals surface area contributed by atoms with E-state index in [1.165, 1.54) is 19.4 Å². The predicted molar refractivity (Wildman–Crippen MR) is 246 cm³/mol. The lowest BCUT2D eigenvalue weighted by atomic mass is 9.44. The number of nitrogens with one attached hydrogen (secondary N) is 1. The molecule has 6 unspecified atom stereocenters. The summed E-state index contributed by atoms with van der Waals surface area (Å²) in [4.78, 5) is 72.3. The summed E-state index contributed by atoms with van der Waals surface area (Å²) in [5.41, 5.74) is -3.42. The highest BCUT2D eigenvalue weighted by Gasteiger charge is 2.70. The maximum absolute atomic E-state index is 13.4. The lowest BCUT2D eigenvalue weighted by Crippen LogP contribution is -2.63. The van der Waals surface area contributed by atoms with Gasteiger partial charge < -0.3 is 29.4 Å². The number of aromatic nitrogens is 2. The summed E-state index contributed by atoms with van der Waals surface area (Å²) in [5, 5.41) is 23.1. The van der Waals surface area contributed by atoms with Crippen molar-refractivity contribution in [2.75, 3.05) is 7.11 Å². The van der Waals surface area contributed by atoms with Crippen molar-refractivity contribution in [3.63, 3.8) is 0 Å². The number of nitrogens with zero attached hydrogens (tertiary/aromatic N) is 1. The Balaban J connectivity index is 0.000000194. The SMILES string of the molecule is C=C[C@]1(C)C[C@@H](OC(=O)c2ccc[nH]c2=O)[C@]2(C)C(C)CCC3(CCC(=O)C32)[C@@H](C)[C@@H]1O.C=C[C@]1(C)C[C@@H](OC(=O)c2cccnc2OC)[C@]2(C)C(C)CCC3(CCC(=O)C32)[C@@H](C)[C@@H]1O. The molecule has 12 heteroatoms. The van der Waals surface area contributed by atoms with E-state index >= 15 is 0 Å². The molecule has 0 aromatic carbocycles. The summed E-state index contributed by atoms with van der Waals surface area (Å²) in [6.07, 6.45) is 10.9. The van der Waals surface area contributed by atoms with Crippen LogP contribution in [0.1, 0.15) is 140 Å². The summed E-state index contributed by atoms with van der Waals surface area (Å²) in [5.74, 6) is -0.900. The van der Waals surface area contributed by atoms with Gasteiger partial charge in [0.1, 0.15) is 34.9 Å². The number of hydrogen-bond acceptors (Lipinski definition) is 11. The normalized spacial score (nSPS) is 43.1. The van der Waals surface area contributed by atoms with Crippen LogP contribution in [0.2, 0.25) is 0 Å². The summed E-state index contributed by atoms with van der Waals surface area (Å²) in [6.45, 7) is 24.7. The van der Waals surface area contributed by atoms with Crippen molar-refractivity contribution >= 4 is 23.5 Å². The Hall–Kier alpha value is -4.42. The smallest absolute Gasteiger partial charge is 0.344 e. The molecule has 65 heavy (non-hydrogen) atoms. The number of rotatable bonds is 7. The maximum Gasteiger partial charge on any atom is 0.344 e. The zero-order chi connectivity index (χ0) is 47.7. The zero-order valence-electron chi connectivity index (χ0n) is 40.0. The van der Waals surface area contributed by atoms with Gasteiger partial charge >= 0.3 is 11.9 Å². The van der Waals surface area contributed by atoms with Crippen LogP contribution in [-0.2, 0) is 19.1 Å². The third kappa shape index (κ3) is 7.38. The molecule has 3 N–H and O–H groups in total. The van der Waals surface area contributed by atoms with Crippen LogP contribution in [0, 0.1) is 68.0 Å². The third-order valence-corrected chi connectivity index (χ3v) is 19.3. The predicted octanol–water partition coefficient (Wildman–Crippen LogP) is 8.51. The molecule has 0 amide bonds. The fourth-order valence-corrected chi connectivity index (χ4v) is 14.7. The lowest BCUT2D eigenvalue weighted by Gasteiger charge is -2.61. The first-order valence-corrected chi connectivity index (χ1v) is 23.8. The third-order valence-electron chi connectivity index (χ3n) is 19.3. The quantitative estimate of drug-likeness (QED) is 0.179. The summed E-state index contributed by atoms with van der Waals surface area (Å²) < 4.78 is 17.7. The minimum absolute atomic E-state index is 0.0557. The molecule has 0 saturated heterocycles. The highest BCUT2D eigenvalue weighted by atomic mass is 16.6. The Kier molecular flexibility index (Phi) is 12.9. The topological polar surface area (TPSA) is 182 Å². The van der Waals surface area contributed by atoms with E-state index in [9.17, 15) is 34.2 Å². The lowest BCUT2D eigenvalue weighted by molar-refractivity contribution is -0.192. The fraction of sp³-hybridized carbons (Fsp3) is 0.660. The van der Waals surface area contributed by atoms with Gasteiger partial charge in [0.05, 0.1) is 19.3 Å². The summed E-state index contributed by atoms with van der Waals surface area (Å²) >= 11 is 0. The fourth-order valence-electron chi connectivity index (χ4n) is 14.7. The molecule has 6 aliphatic carbocycles. The number of carbonyl (C=O) groups excluding carboxylic acids is 4. The minimum Gasteiger partial charge on any atom is -0.480 e. The van der Waals surface area contributed by atoms with Crippen molar-refractivity contribution < 1.29 is 43.6 Å². The van der Waals surface area contributed by atoms with Crippen LogP contribution in [0.4, 0.5) is 0 Å². The highest BCUT2D eigenvalue weighted by molar-refractivity contribution is 5.92. The average Bonchev–Trinajstić information content (AvgIpc) is 3.84. The molecule has 354 valence electrons. The van der Waals surface area contributed by atoms with E-state index in [-0.39, 0.29) is 74.9 Å². The highest BCUT2D eigenvalue weighted by Crippen LogP contribution is 2.69. The average molecular weight is 897 g/mol. The minimum atomic E-state index is -0.715. The van der Waals surface area contributed by atoms with Crippen molar-refractivity contribution in [2.24, 2.45) is 68.0 Å². The van der Waals surface area contributed by atoms with Crippen molar-refractivity contribution in [2.45, 2.75) is 144 Å². The standard InChI is InChI=1S/C27H37NO5.C26H35NO5/c1-7-25(4)15-20(33-24(31)18-9-8-14-28-23(18)32-6)26(5)16(2)10-12-27(17(3)22(25)30)13-11-19(29)21(26)27;1-6-24(4)14-19(32-23(31)17-8-7-13-27-22(17)30)25(5)15(2)9-11-26(16(3)21(24)29)12-10-18(28)20(25)26/h7-9,14,16-17,20-22,30H,1,10-13,15H2,2-6H3;6-8,13,15-16,19-21,29H,1,9-12,14H2,2-5H3,(H,27,30)/t16?,17-,20+,21?,22-,25+,26-,27?;15?,16-,19+,20?,21-,24+,25-,26?/m00/s1. The Morgan fingerprint density at radius 3 is 1.60 bits per heavy atom. The molecule has 4 bridgehead atoms. The number of esters is 2. The monoisotopic (exact) mass is 897 g/mol. The van der Waals surface area contributed by atoms with E-state index < -0.39 is 63.6 Å². The number of pyridine rings is 2. The second-order valence-electron chi connectivity index (χ2n) is 21.9. The Morgan fingerprint density at radius 2 is 1.17 bits per heavy atom. The van der Waals surface area contributed by atoms with Gasteiger partial charge in [-0.3, -0.25) is 14.4 Å². The van der Waals surface area contributed by atoms with E-state index in [2.05, 4.69) is 64.7 Å². The second-order valence-corrected chi connectivity index (χ2v) is 21.9. The van der Waals surface area contributed by atoms with Crippen molar-refractivity contribution in [1.82, 2.24) is 9.97 Å². The Bertz CT molecular complexity index is 2270. The van der Waals surface area contributed by atoms with E-state index in [1.807, 2.05) is 13.8 Å². The number of methoxy groups -OCH3 is 1. The van der Waals surface area contributed by atoms with Gasteiger partial charge in [-0.2, -0.15) is 0 Å². The van der Waals surface area contributed by atoms with Gasteiger partial charge in [-0.25, -0.2) is 14.6 Å². The number of H-pyrrole nitrogens is 1. The molecule has 2 heterocycles. The molecule has 2 aromatic rings. The van der Waals surface area contributed by atoms with Gasteiger partial charge in [0, 0.05) is 58.7 Å². The molecular formula is C53H72N2O10. The molecule has 8 rings (SSSR count). The van der Waals surface area contributed by atoms with Gasteiger partial charge in [-0.15, -0.1) is 13.2 Å². The molecule has 2 aromatic heterocycles. The first-order chi connectivity index (χ1) is 30.6. The van der Waals surface area contributed by atoms with E-state index in [4.69, 9.17) is 14.2 Å². The van der Waals surface area contributed by atoms with Crippen LogP contribution >= 0.6 is 0 Å². The number of carbonyl (C=O) groups is 4. The van der Waals surface area contributed by atoms with Crippen LogP contribution in [0.3, 0.4) is 0 Å². The van der Waals surface area contributed by atoms with Gasteiger partial charge in [0.25, 0.3) is 5.56 Å². The maximum atomic E-state index is 13.4. The summed E-state index contributed by atoms with van der Waals surface area (Å²) in [7, 11) is 1.47. The first kappa shape index (κ1) is 48.5. The number of aromatic amines is 1. The van der Waals surface area contributed by atoms with Gasteiger partial charge in [-0.1, -0.05) is 67.5 Å². The van der Waals surface area contributed by atoms with Crippen LogP contribution in [0.25, 0.3) is 0 Å². The number of aliphatic hydroxyl groups excluding tert-OH is 2. The molecule has 0 aliphatic heterocycles. The van der Waals surface area contributed by atoms with Crippen molar-refractivity contribution in [3.8, 4) is 5.88 Å². The Labute approximate surface area is 384 Å². The van der Waals surface area contributed by atoms with Crippen LogP contribution in [-0.4, -0.2) is 75.2 Å². The second kappa shape index (κ2) is 17.3. The van der Waals surface area contributed by atoms with Gasteiger partial charge in [0.2, 0.25) is 5.88 Å². The molecule has 16 atom stereocenters. The van der Waals surface area contributed by atoms with E-state index in [1.54, 1.807) is 36.5 Å². The number of aliphatic hydroxyl groups is 2. The molecule has 6 saturated carbocycles.